The molecular weight excluding hydrogens is 198 g/mol. The van der Waals surface area contributed by atoms with Gasteiger partial charge in [0, 0.05) is 18.0 Å². The van der Waals surface area contributed by atoms with E-state index >= 15 is 0 Å². The lowest BCUT2D eigenvalue weighted by atomic mass is 10.1. The largest absolute Gasteiger partial charge is 0.469 e. The third kappa shape index (κ3) is 1.90. The Labute approximate surface area is 85.4 Å². The van der Waals surface area contributed by atoms with Crippen LogP contribution in [0.15, 0.2) is 34.4 Å². The summed E-state index contributed by atoms with van der Waals surface area (Å²) in [5.74, 6) is 0.637. The average Bonchev–Trinajstić information content (AvgIpc) is 2.86. The zero-order chi connectivity index (χ0) is 9.80. The fourth-order valence-electron chi connectivity index (χ4n) is 1.26. The van der Waals surface area contributed by atoms with Crippen molar-refractivity contribution >= 4 is 17.6 Å². The normalized spacial score (nSPS) is 12.6. The van der Waals surface area contributed by atoms with Gasteiger partial charge in [-0.25, -0.2) is 4.98 Å². The molecule has 72 valence electrons. The number of thiazole rings is 1. The number of nitrogens with zero attached hydrogens (tertiary/aromatic N) is 1. The fraction of sp³-hybridized carbons (Fsp3) is 0.200. The van der Waals surface area contributed by atoms with Crippen LogP contribution >= 0.6 is 11.3 Å². The first-order chi connectivity index (χ1) is 6.90. The number of rotatable bonds is 4. The highest BCUT2D eigenvalue weighted by molar-refractivity contribution is 7.09. The molecule has 2 rings (SSSR count). The summed E-state index contributed by atoms with van der Waals surface area (Å²) >= 11 is 1.49. The maximum absolute atomic E-state index is 10.9. The van der Waals surface area contributed by atoms with Crippen LogP contribution in [0.4, 0.5) is 0 Å². The Morgan fingerprint density at radius 3 is 3.14 bits per heavy atom. The van der Waals surface area contributed by atoms with Gasteiger partial charge in [-0.1, -0.05) is 0 Å². The average molecular weight is 207 g/mol. The quantitative estimate of drug-likeness (QED) is 0.722. The number of carbonyl (C=O) groups is 1. The highest BCUT2D eigenvalue weighted by atomic mass is 32.1. The zero-order valence-corrected chi connectivity index (χ0v) is 8.24. The Balaban J connectivity index is 2.12. The van der Waals surface area contributed by atoms with Gasteiger partial charge in [-0.15, -0.1) is 11.3 Å². The summed E-state index contributed by atoms with van der Waals surface area (Å²) < 4.78 is 5.18. The molecule has 1 unspecified atom stereocenters. The summed E-state index contributed by atoms with van der Waals surface area (Å²) in [7, 11) is 0. The van der Waals surface area contributed by atoms with Crippen molar-refractivity contribution in [2.24, 2.45) is 0 Å². The van der Waals surface area contributed by atoms with E-state index in [0.717, 1.165) is 17.1 Å². The Morgan fingerprint density at radius 2 is 2.57 bits per heavy atom. The van der Waals surface area contributed by atoms with Crippen molar-refractivity contribution in [2.75, 3.05) is 0 Å². The molecule has 0 N–H and O–H groups in total. The van der Waals surface area contributed by atoms with Gasteiger partial charge >= 0.3 is 0 Å². The molecule has 0 saturated carbocycles. The third-order valence-corrected chi connectivity index (χ3v) is 2.84. The summed E-state index contributed by atoms with van der Waals surface area (Å²) in [6.07, 6.45) is 4.82. The van der Waals surface area contributed by atoms with E-state index in [2.05, 4.69) is 4.98 Å². The number of hydrogen-bond acceptors (Lipinski definition) is 4. The van der Waals surface area contributed by atoms with Crippen LogP contribution < -0.4 is 0 Å². The summed E-state index contributed by atoms with van der Waals surface area (Å²) in [6.45, 7) is 0. The monoisotopic (exact) mass is 207 g/mol. The van der Waals surface area contributed by atoms with Crippen LogP contribution in [0.5, 0.6) is 0 Å². The first-order valence-corrected chi connectivity index (χ1v) is 5.15. The van der Waals surface area contributed by atoms with Gasteiger partial charge in [0.05, 0.1) is 12.2 Å². The molecule has 14 heavy (non-hydrogen) atoms. The van der Waals surface area contributed by atoms with Crippen LogP contribution in [-0.4, -0.2) is 11.3 Å². The van der Waals surface area contributed by atoms with Crippen LogP contribution in [0.1, 0.15) is 16.7 Å². The molecule has 2 heterocycles. The summed E-state index contributed by atoms with van der Waals surface area (Å²) in [6, 6.07) is 3.68. The molecule has 0 saturated heterocycles. The van der Waals surface area contributed by atoms with Gasteiger partial charge < -0.3 is 9.21 Å². The Kier molecular flexibility index (Phi) is 2.74. The van der Waals surface area contributed by atoms with Crippen molar-refractivity contribution in [1.29, 1.82) is 0 Å². The molecule has 0 radical (unpaired) electrons. The molecule has 4 heteroatoms. The SMILES string of the molecule is O=CC(Cc1ccco1)c1nccs1. The van der Waals surface area contributed by atoms with E-state index in [0.29, 0.717) is 6.42 Å². The van der Waals surface area contributed by atoms with Crippen LogP contribution in [0.2, 0.25) is 0 Å². The second kappa shape index (κ2) is 4.19. The number of aromatic nitrogens is 1. The predicted molar refractivity (Wildman–Crippen MR) is 53.3 cm³/mol. The van der Waals surface area contributed by atoms with Crippen molar-refractivity contribution < 1.29 is 9.21 Å². The second-order valence-electron chi connectivity index (χ2n) is 2.90. The third-order valence-electron chi connectivity index (χ3n) is 1.93. The fourth-order valence-corrected chi connectivity index (χ4v) is 1.95. The summed E-state index contributed by atoms with van der Waals surface area (Å²) in [4.78, 5) is 15.0. The molecule has 0 aliphatic carbocycles. The maximum Gasteiger partial charge on any atom is 0.130 e. The molecule has 0 fully saturated rings. The highest BCUT2D eigenvalue weighted by Crippen LogP contribution is 2.20. The maximum atomic E-state index is 10.9. The highest BCUT2D eigenvalue weighted by Gasteiger charge is 2.14. The van der Waals surface area contributed by atoms with Crippen molar-refractivity contribution in [2.45, 2.75) is 12.3 Å². The number of carbonyl (C=O) groups excluding carboxylic acids is 1. The van der Waals surface area contributed by atoms with Gasteiger partial charge in [-0.3, -0.25) is 0 Å². The van der Waals surface area contributed by atoms with E-state index in [1.807, 2.05) is 17.5 Å². The molecule has 0 aliphatic heterocycles. The Hall–Kier alpha value is -1.42. The molecule has 0 aliphatic rings. The standard InChI is InChI=1S/C10H9NO2S/c12-7-8(10-11-3-5-14-10)6-9-2-1-4-13-9/h1-5,7-8H,6H2. The van der Waals surface area contributed by atoms with Crippen molar-refractivity contribution in [3.63, 3.8) is 0 Å². The minimum absolute atomic E-state index is 0.179. The van der Waals surface area contributed by atoms with Crippen molar-refractivity contribution in [1.82, 2.24) is 4.98 Å². The first-order valence-electron chi connectivity index (χ1n) is 4.27. The molecule has 0 amide bonds. The van der Waals surface area contributed by atoms with Crippen molar-refractivity contribution in [3.8, 4) is 0 Å². The lowest BCUT2D eigenvalue weighted by Crippen LogP contribution is -2.02. The van der Waals surface area contributed by atoms with E-state index < -0.39 is 0 Å². The van der Waals surface area contributed by atoms with Crippen LogP contribution in [0.25, 0.3) is 0 Å². The molecule has 0 bridgehead atoms. The molecule has 1 atom stereocenters. The predicted octanol–water partition coefficient (Wildman–Crippen LogP) is 2.26. The van der Waals surface area contributed by atoms with E-state index in [1.54, 1.807) is 12.5 Å². The minimum atomic E-state index is -0.179. The number of hydrogen-bond donors (Lipinski definition) is 0. The van der Waals surface area contributed by atoms with Crippen molar-refractivity contribution in [3.05, 3.63) is 40.7 Å². The topological polar surface area (TPSA) is 43.1 Å². The lowest BCUT2D eigenvalue weighted by molar-refractivity contribution is -0.109. The molecular formula is C10H9NO2S. The van der Waals surface area contributed by atoms with E-state index in [4.69, 9.17) is 4.42 Å². The smallest absolute Gasteiger partial charge is 0.130 e. The van der Waals surface area contributed by atoms with Crippen LogP contribution in [-0.2, 0) is 11.2 Å². The molecule has 3 nitrogen and oxygen atoms in total. The van der Waals surface area contributed by atoms with E-state index in [9.17, 15) is 4.79 Å². The minimum Gasteiger partial charge on any atom is -0.469 e. The zero-order valence-electron chi connectivity index (χ0n) is 7.42. The Morgan fingerprint density at radius 1 is 1.64 bits per heavy atom. The summed E-state index contributed by atoms with van der Waals surface area (Å²) in [5.41, 5.74) is 0. The van der Waals surface area contributed by atoms with Gasteiger partial charge in [-0.2, -0.15) is 0 Å². The molecule has 0 aromatic carbocycles. The van der Waals surface area contributed by atoms with Crippen LogP contribution in [0, 0.1) is 0 Å². The Bertz CT molecular complexity index is 380. The lowest BCUT2D eigenvalue weighted by Gasteiger charge is -2.03. The first kappa shape index (κ1) is 9.15. The van der Waals surface area contributed by atoms with Gasteiger partial charge in [-0.05, 0) is 12.1 Å². The van der Waals surface area contributed by atoms with Gasteiger partial charge in [0.25, 0.3) is 0 Å². The van der Waals surface area contributed by atoms with Gasteiger partial charge in [0.1, 0.15) is 17.1 Å². The number of furan rings is 1. The second-order valence-corrected chi connectivity index (χ2v) is 3.82. The number of aldehydes is 1. The van der Waals surface area contributed by atoms with E-state index in [1.165, 1.54) is 11.3 Å². The molecule has 0 spiro atoms. The summed E-state index contributed by atoms with van der Waals surface area (Å²) in [5, 5.41) is 2.71. The molecule has 2 aromatic rings. The molecule has 2 aromatic heterocycles. The van der Waals surface area contributed by atoms with Crippen LogP contribution in [0.3, 0.4) is 0 Å². The van der Waals surface area contributed by atoms with Gasteiger partial charge in [0.2, 0.25) is 0 Å². The van der Waals surface area contributed by atoms with Gasteiger partial charge in [0.15, 0.2) is 0 Å². The van der Waals surface area contributed by atoms with E-state index in [-0.39, 0.29) is 5.92 Å².